The van der Waals surface area contributed by atoms with Crippen LogP contribution in [0.5, 0.6) is 11.5 Å². The molecule has 2 fully saturated rings. The third-order valence-corrected chi connectivity index (χ3v) is 8.84. The number of rotatable bonds is 6. The van der Waals surface area contributed by atoms with Gasteiger partial charge in [-0.15, -0.1) is 0 Å². The summed E-state index contributed by atoms with van der Waals surface area (Å²) in [6, 6.07) is 3.35. The van der Waals surface area contributed by atoms with Crippen LogP contribution in [-0.2, 0) is 20.8 Å². The number of piperidine rings is 1. The number of thiocyanates is 1. The normalized spacial score (nSPS) is 28.0. The van der Waals surface area contributed by atoms with Crippen LogP contribution in [0.25, 0.3) is 0 Å². The van der Waals surface area contributed by atoms with E-state index in [1.54, 1.807) is 6.07 Å². The number of halogens is 1. The average Bonchev–Trinajstić information content (AvgIpc) is 3.49. The van der Waals surface area contributed by atoms with Crippen molar-refractivity contribution in [2.24, 2.45) is 0 Å². The third-order valence-electron chi connectivity index (χ3n) is 5.67. The number of phenols is 2. The van der Waals surface area contributed by atoms with Crippen LogP contribution in [0.4, 0.5) is 4.39 Å². The monoisotopic (exact) mass is 451 g/mol. The van der Waals surface area contributed by atoms with Gasteiger partial charge < -0.3 is 20.4 Å². The predicted octanol–water partition coefficient (Wildman–Crippen LogP) is 1.69. The molecule has 3 rings (SSSR count). The minimum absolute atomic E-state index is 0.00355. The number of carbonyl (C=O) groups is 3. The number of alkyl halides is 1. The molecule has 0 spiro atoms. The van der Waals surface area contributed by atoms with E-state index in [9.17, 15) is 34.2 Å². The van der Waals surface area contributed by atoms with Gasteiger partial charge in [0.2, 0.25) is 16.9 Å². The summed E-state index contributed by atoms with van der Waals surface area (Å²) in [6.45, 7) is 1.94. The molecule has 1 aromatic carbocycles. The van der Waals surface area contributed by atoms with Crippen molar-refractivity contribution in [3.63, 3.8) is 0 Å². The molecule has 0 saturated carbocycles. The second-order valence-corrected chi connectivity index (χ2v) is 11.1. The number of likely N-dealkylation sites (tertiary alicyclic amines) is 1. The average molecular weight is 452 g/mol. The Morgan fingerprint density at radius 3 is 2.74 bits per heavy atom. The van der Waals surface area contributed by atoms with Gasteiger partial charge in [-0.2, -0.15) is 5.26 Å². The van der Waals surface area contributed by atoms with Crippen LogP contribution in [-0.4, -0.2) is 68.3 Å². The van der Waals surface area contributed by atoms with Gasteiger partial charge >= 0.3 is 0 Å². The quantitative estimate of drug-likeness (QED) is 0.343. The number of aryl methyl sites for hydroxylation is 1. The summed E-state index contributed by atoms with van der Waals surface area (Å²) in [5.74, 6) is -1.10. The summed E-state index contributed by atoms with van der Waals surface area (Å²) in [4.78, 5) is 39.3. The molecule has 2 heterocycles. The van der Waals surface area contributed by atoms with Crippen LogP contribution < -0.4 is 5.32 Å². The molecule has 31 heavy (non-hydrogen) atoms. The number of nitrogens with zero attached hydrogens (tertiary/aromatic N) is 2. The Morgan fingerprint density at radius 2 is 2.10 bits per heavy atom. The van der Waals surface area contributed by atoms with Gasteiger partial charge in [-0.1, -0.05) is 16.1 Å². The highest BCUT2D eigenvalue weighted by Gasteiger charge is 2.61. The molecule has 2 aliphatic heterocycles. The van der Waals surface area contributed by atoms with Crippen LogP contribution >= 0.6 is 10.0 Å². The van der Waals surface area contributed by atoms with Crippen LogP contribution in [0.3, 0.4) is 0 Å². The second-order valence-electron chi connectivity index (χ2n) is 7.99. The maximum Gasteiger partial charge on any atom is 0.236 e. The van der Waals surface area contributed by atoms with Crippen molar-refractivity contribution in [1.29, 1.82) is 5.26 Å². The molecule has 3 N–H and O–H groups in total. The molecule has 2 amide bonds. The highest BCUT2D eigenvalue weighted by atomic mass is 32.3. The SMILES string of the molecule is CC(NC(=O)CCc1ccc(O)c(O)c1)C(=O)S1(C#N)CC1C(=O)N1CCCC(F)C1. The summed E-state index contributed by atoms with van der Waals surface area (Å²) >= 11 is 0. The Kier molecular flexibility index (Phi) is 6.74. The number of hydrogen-bond acceptors (Lipinski definition) is 6. The highest BCUT2D eigenvalue weighted by Crippen LogP contribution is 2.68. The third kappa shape index (κ3) is 4.93. The fourth-order valence-corrected chi connectivity index (χ4v) is 6.68. The fraction of sp³-hybridized carbons (Fsp3) is 0.524. The minimum Gasteiger partial charge on any atom is -0.504 e. The zero-order chi connectivity index (χ0) is 22.8. The van der Waals surface area contributed by atoms with Gasteiger partial charge in [0.1, 0.15) is 11.6 Å². The molecule has 10 heteroatoms. The van der Waals surface area contributed by atoms with E-state index >= 15 is 0 Å². The first-order valence-electron chi connectivity index (χ1n) is 10.2. The van der Waals surface area contributed by atoms with Gasteiger partial charge in [0.15, 0.2) is 11.5 Å². The lowest BCUT2D eigenvalue weighted by molar-refractivity contribution is -0.131. The molecular weight excluding hydrogens is 425 g/mol. The number of hydrogen-bond donors (Lipinski definition) is 3. The van der Waals surface area contributed by atoms with Gasteiger partial charge in [0.25, 0.3) is 0 Å². The number of amides is 2. The lowest BCUT2D eigenvalue weighted by Gasteiger charge is -2.30. The molecule has 168 valence electrons. The molecule has 4 unspecified atom stereocenters. The Bertz CT molecular complexity index is 936. The molecular formula is C21H26FN3O5S. The van der Waals surface area contributed by atoms with Gasteiger partial charge in [-0.3, -0.25) is 14.4 Å². The molecule has 0 aromatic heterocycles. The van der Waals surface area contributed by atoms with E-state index in [0.717, 1.165) is 0 Å². The Morgan fingerprint density at radius 1 is 1.35 bits per heavy atom. The number of benzene rings is 1. The molecule has 1 aromatic rings. The summed E-state index contributed by atoms with van der Waals surface area (Å²) in [6.07, 6.45) is 0.235. The van der Waals surface area contributed by atoms with Crippen molar-refractivity contribution in [2.45, 2.75) is 50.1 Å². The van der Waals surface area contributed by atoms with E-state index in [0.29, 0.717) is 24.9 Å². The summed E-state index contributed by atoms with van der Waals surface area (Å²) < 4.78 is 13.6. The number of nitrogens with one attached hydrogen (secondary N) is 1. The summed E-state index contributed by atoms with van der Waals surface area (Å²) in [7, 11) is -2.50. The topological polar surface area (TPSA) is 131 Å². The number of nitriles is 1. The lowest BCUT2D eigenvalue weighted by atomic mass is 10.1. The van der Waals surface area contributed by atoms with Crippen molar-refractivity contribution in [2.75, 3.05) is 18.8 Å². The maximum absolute atomic E-state index is 13.6. The molecule has 0 radical (unpaired) electrons. The minimum atomic E-state index is -2.50. The zero-order valence-corrected chi connectivity index (χ0v) is 18.0. The molecule has 2 aliphatic rings. The lowest BCUT2D eigenvalue weighted by Crippen LogP contribution is -2.44. The number of aromatic hydroxyl groups is 2. The van der Waals surface area contributed by atoms with Crippen LogP contribution in [0.2, 0.25) is 0 Å². The smallest absolute Gasteiger partial charge is 0.236 e. The van der Waals surface area contributed by atoms with Gasteiger partial charge in [0, 0.05) is 18.7 Å². The van der Waals surface area contributed by atoms with Crippen molar-refractivity contribution in [3.8, 4) is 16.9 Å². The van der Waals surface area contributed by atoms with Gasteiger partial charge in [-0.05, 0) is 43.9 Å². The Labute approximate surface area is 181 Å². The van der Waals surface area contributed by atoms with E-state index in [1.165, 1.54) is 24.0 Å². The first kappa shape index (κ1) is 22.9. The predicted molar refractivity (Wildman–Crippen MR) is 113 cm³/mol. The van der Waals surface area contributed by atoms with E-state index < -0.39 is 38.5 Å². The van der Waals surface area contributed by atoms with E-state index in [2.05, 4.69) is 5.32 Å². The first-order valence-corrected chi connectivity index (χ1v) is 12.0. The van der Waals surface area contributed by atoms with E-state index in [1.807, 2.05) is 5.40 Å². The van der Waals surface area contributed by atoms with Crippen LogP contribution in [0.15, 0.2) is 18.2 Å². The van der Waals surface area contributed by atoms with E-state index in [-0.39, 0.29) is 42.5 Å². The van der Waals surface area contributed by atoms with E-state index in [4.69, 9.17) is 0 Å². The van der Waals surface area contributed by atoms with Crippen molar-refractivity contribution >= 4 is 27.0 Å². The number of carbonyl (C=O) groups excluding carboxylic acids is 3. The molecule has 0 aliphatic carbocycles. The summed E-state index contributed by atoms with van der Waals surface area (Å²) in [5, 5.41) is 32.0. The fourth-order valence-electron chi connectivity index (χ4n) is 3.81. The maximum atomic E-state index is 13.6. The van der Waals surface area contributed by atoms with Crippen molar-refractivity contribution in [3.05, 3.63) is 23.8 Å². The Balaban J connectivity index is 1.54. The second kappa shape index (κ2) is 9.14. The molecule has 4 atom stereocenters. The van der Waals surface area contributed by atoms with Crippen molar-refractivity contribution < 1.29 is 29.0 Å². The summed E-state index contributed by atoms with van der Waals surface area (Å²) in [5.41, 5.74) is 0.643. The zero-order valence-electron chi connectivity index (χ0n) is 17.2. The Hall–Kier alpha value is -2.80. The van der Waals surface area contributed by atoms with Crippen molar-refractivity contribution in [1.82, 2.24) is 10.2 Å². The standard InChI is InChI=1S/C21H26FN3O5S/c1-13(24-19(28)7-5-14-4-6-16(26)17(27)9-14)21(30)31(12-23)11-18(31)20(29)25-8-2-3-15(22)10-25/h4,6,9,13,15,18,26-27H,2-3,5,7-8,10-11H2,1H3,(H,24,28). The molecule has 2 saturated heterocycles. The van der Waals surface area contributed by atoms with Gasteiger partial charge in [-0.25, -0.2) is 4.39 Å². The van der Waals surface area contributed by atoms with Crippen LogP contribution in [0.1, 0.15) is 31.7 Å². The molecule has 0 bridgehead atoms. The first-order chi connectivity index (χ1) is 14.7. The largest absolute Gasteiger partial charge is 0.504 e. The van der Waals surface area contributed by atoms with Crippen LogP contribution in [0, 0.1) is 10.7 Å². The number of phenolic OH excluding ortho intramolecular Hbond substituents is 2. The highest BCUT2D eigenvalue weighted by molar-refractivity contribution is 8.54. The molecule has 8 nitrogen and oxygen atoms in total. The van der Waals surface area contributed by atoms with Gasteiger partial charge in [0.05, 0.1) is 17.8 Å².